The SMILES string of the molecule is Cc1ccc(N2CCN(Cc3cnc(C)[nH]3)C(C)C2)cc1. The van der Waals surface area contributed by atoms with Crippen molar-refractivity contribution in [3.05, 3.63) is 47.5 Å². The molecule has 1 aliphatic rings. The average molecular weight is 284 g/mol. The van der Waals surface area contributed by atoms with Gasteiger partial charge in [-0.15, -0.1) is 0 Å². The summed E-state index contributed by atoms with van der Waals surface area (Å²) in [4.78, 5) is 12.6. The van der Waals surface area contributed by atoms with Crippen molar-refractivity contribution in [2.75, 3.05) is 24.5 Å². The van der Waals surface area contributed by atoms with Gasteiger partial charge in [0.1, 0.15) is 5.82 Å². The Balaban J connectivity index is 1.62. The molecule has 0 radical (unpaired) electrons. The van der Waals surface area contributed by atoms with Gasteiger partial charge in [-0.25, -0.2) is 4.98 Å². The van der Waals surface area contributed by atoms with Crippen LogP contribution in [0.3, 0.4) is 0 Å². The van der Waals surface area contributed by atoms with Gasteiger partial charge in [-0.3, -0.25) is 4.90 Å². The molecule has 2 aromatic rings. The summed E-state index contributed by atoms with van der Waals surface area (Å²) in [6.07, 6.45) is 1.95. The number of aryl methyl sites for hydroxylation is 2. The molecule has 0 amide bonds. The number of hydrogen-bond acceptors (Lipinski definition) is 3. The lowest BCUT2D eigenvalue weighted by atomic mass is 10.1. The lowest BCUT2D eigenvalue weighted by Crippen LogP contribution is -2.51. The predicted molar refractivity (Wildman–Crippen MR) is 86.6 cm³/mol. The highest BCUT2D eigenvalue weighted by Crippen LogP contribution is 2.20. The van der Waals surface area contributed by atoms with Crippen LogP contribution in [0.1, 0.15) is 24.0 Å². The van der Waals surface area contributed by atoms with Crippen molar-refractivity contribution in [2.45, 2.75) is 33.4 Å². The second-order valence-electron chi connectivity index (χ2n) is 6.09. The summed E-state index contributed by atoms with van der Waals surface area (Å²) >= 11 is 0. The zero-order valence-electron chi connectivity index (χ0n) is 13.1. The fourth-order valence-corrected chi connectivity index (χ4v) is 2.99. The molecule has 1 aromatic carbocycles. The van der Waals surface area contributed by atoms with Crippen LogP contribution in [0, 0.1) is 13.8 Å². The molecular formula is C17H24N4. The second kappa shape index (κ2) is 5.90. The summed E-state index contributed by atoms with van der Waals surface area (Å²) in [5.74, 6) is 0.996. The Labute approximate surface area is 126 Å². The minimum atomic E-state index is 0.545. The highest BCUT2D eigenvalue weighted by Gasteiger charge is 2.24. The number of aromatic nitrogens is 2. The molecule has 112 valence electrons. The fraction of sp³-hybridized carbons (Fsp3) is 0.471. The molecule has 1 aliphatic heterocycles. The summed E-state index contributed by atoms with van der Waals surface area (Å²) in [6.45, 7) is 10.7. The Hall–Kier alpha value is -1.81. The lowest BCUT2D eigenvalue weighted by molar-refractivity contribution is 0.179. The van der Waals surface area contributed by atoms with Crippen molar-refractivity contribution in [2.24, 2.45) is 0 Å². The standard InChI is InChI=1S/C17H24N4/c1-13-4-6-17(7-5-13)21-9-8-20(14(2)11-21)12-16-10-18-15(3)19-16/h4-7,10,14H,8-9,11-12H2,1-3H3,(H,18,19). The summed E-state index contributed by atoms with van der Waals surface area (Å²) in [5.41, 5.74) is 3.87. The number of nitrogens with one attached hydrogen (secondary N) is 1. The molecule has 3 rings (SSSR count). The maximum absolute atomic E-state index is 4.29. The van der Waals surface area contributed by atoms with Crippen LogP contribution in [-0.2, 0) is 6.54 Å². The first-order valence-corrected chi connectivity index (χ1v) is 7.68. The minimum Gasteiger partial charge on any atom is -0.369 e. The third kappa shape index (κ3) is 3.27. The maximum Gasteiger partial charge on any atom is 0.103 e. The molecule has 1 aromatic heterocycles. The summed E-state index contributed by atoms with van der Waals surface area (Å²) in [6, 6.07) is 9.40. The molecule has 1 saturated heterocycles. The minimum absolute atomic E-state index is 0.545. The lowest BCUT2D eigenvalue weighted by Gasteiger charge is -2.40. The molecule has 0 saturated carbocycles. The molecule has 2 heterocycles. The summed E-state index contributed by atoms with van der Waals surface area (Å²) < 4.78 is 0. The van der Waals surface area contributed by atoms with Crippen molar-refractivity contribution in [1.82, 2.24) is 14.9 Å². The van der Waals surface area contributed by atoms with Gasteiger partial charge in [0.05, 0.1) is 0 Å². The number of H-pyrrole nitrogens is 1. The van der Waals surface area contributed by atoms with E-state index in [0.717, 1.165) is 32.0 Å². The van der Waals surface area contributed by atoms with E-state index in [-0.39, 0.29) is 0 Å². The maximum atomic E-state index is 4.29. The van der Waals surface area contributed by atoms with E-state index in [1.165, 1.54) is 16.9 Å². The largest absolute Gasteiger partial charge is 0.369 e. The van der Waals surface area contributed by atoms with Crippen LogP contribution >= 0.6 is 0 Å². The summed E-state index contributed by atoms with van der Waals surface area (Å²) in [5, 5.41) is 0. The van der Waals surface area contributed by atoms with Crippen LogP contribution in [0.5, 0.6) is 0 Å². The Kier molecular flexibility index (Phi) is 3.97. The number of aromatic amines is 1. The van der Waals surface area contributed by atoms with Gasteiger partial charge in [-0.2, -0.15) is 0 Å². The van der Waals surface area contributed by atoms with E-state index in [0.29, 0.717) is 6.04 Å². The highest BCUT2D eigenvalue weighted by atomic mass is 15.3. The van der Waals surface area contributed by atoms with Gasteiger partial charge < -0.3 is 9.88 Å². The zero-order valence-corrected chi connectivity index (χ0v) is 13.1. The van der Waals surface area contributed by atoms with Crippen LogP contribution in [-0.4, -0.2) is 40.5 Å². The van der Waals surface area contributed by atoms with Crippen molar-refractivity contribution in [3.63, 3.8) is 0 Å². The van der Waals surface area contributed by atoms with E-state index in [2.05, 4.69) is 57.9 Å². The first-order valence-electron chi connectivity index (χ1n) is 7.68. The first-order chi connectivity index (χ1) is 10.1. The third-order valence-electron chi connectivity index (χ3n) is 4.29. The molecular weight excluding hydrogens is 260 g/mol. The third-order valence-corrected chi connectivity index (χ3v) is 4.29. The van der Waals surface area contributed by atoms with E-state index >= 15 is 0 Å². The van der Waals surface area contributed by atoms with E-state index < -0.39 is 0 Å². The molecule has 0 spiro atoms. The smallest absolute Gasteiger partial charge is 0.103 e. The van der Waals surface area contributed by atoms with E-state index in [4.69, 9.17) is 0 Å². The number of nitrogens with zero attached hydrogens (tertiary/aromatic N) is 3. The van der Waals surface area contributed by atoms with Crippen molar-refractivity contribution >= 4 is 5.69 Å². The Morgan fingerprint density at radius 2 is 1.95 bits per heavy atom. The predicted octanol–water partition coefficient (Wildman–Crippen LogP) is 2.74. The highest BCUT2D eigenvalue weighted by molar-refractivity contribution is 5.48. The normalized spacial score (nSPS) is 20.0. The fourth-order valence-electron chi connectivity index (χ4n) is 2.99. The van der Waals surface area contributed by atoms with Gasteiger partial charge in [0.2, 0.25) is 0 Å². The Morgan fingerprint density at radius 3 is 2.57 bits per heavy atom. The van der Waals surface area contributed by atoms with E-state index in [1.54, 1.807) is 0 Å². The van der Waals surface area contributed by atoms with Crippen molar-refractivity contribution < 1.29 is 0 Å². The van der Waals surface area contributed by atoms with Crippen LogP contribution in [0.15, 0.2) is 30.5 Å². The van der Waals surface area contributed by atoms with Gasteiger partial charge >= 0.3 is 0 Å². The quantitative estimate of drug-likeness (QED) is 0.941. The van der Waals surface area contributed by atoms with Gasteiger partial charge in [0.15, 0.2) is 0 Å². The molecule has 0 aliphatic carbocycles. The molecule has 1 fully saturated rings. The number of rotatable bonds is 3. The monoisotopic (exact) mass is 284 g/mol. The summed E-state index contributed by atoms with van der Waals surface area (Å²) in [7, 11) is 0. The van der Waals surface area contributed by atoms with E-state index in [9.17, 15) is 0 Å². The van der Waals surface area contributed by atoms with Crippen LogP contribution in [0.2, 0.25) is 0 Å². The van der Waals surface area contributed by atoms with Crippen molar-refractivity contribution in [3.8, 4) is 0 Å². The molecule has 0 bridgehead atoms. The van der Waals surface area contributed by atoms with Gasteiger partial charge in [0, 0.05) is 49.8 Å². The molecule has 4 heteroatoms. The number of piperazine rings is 1. The zero-order chi connectivity index (χ0) is 14.8. The topological polar surface area (TPSA) is 35.2 Å². The van der Waals surface area contributed by atoms with Gasteiger partial charge in [-0.1, -0.05) is 17.7 Å². The molecule has 21 heavy (non-hydrogen) atoms. The molecule has 1 atom stereocenters. The molecule has 1 unspecified atom stereocenters. The van der Waals surface area contributed by atoms with Crippen LogP contribution in [0.4, 0.5) is 5.69 Å². The number of anilines is 1. The van der Waals surface area contributed by atoms with Crippen LogP contribution in [0.25, 0.3) is 0 Å². The molecule has 4 nitrogen and oxygen atoms in total. The van der Waals surface area contributed by atoms with Crippen LogP contribution < -0.4 is 4.90 Å². The number of benzene rings is 1. The van der Waals surface area contributed by atoms with Gasteiger partial charge in [-0.05, 0) is 32.9 Å². The Bertz CT molecular complexity index is 587. The number of imidazole rings is 1. The van der Waals surface area contributed by atoms with Gasteiger partial charge in [0.25, 0.3) is 0 Å². The second-order valence-corrected chi connectivity index (χ2v) is 6.09. The van der Waals surface area contributed by atoms with E-state index in [1.807, 2.05) is 13.1 Å². The Morgan fingerprint density at radius 1 is 1.19 bits per heavy atom. The first kappa shape index (κ1) is 14.1. The van der Waals surface area contributed by atoms with Crippen molar-refractivity contribution in [1.29, 1.82) is 0 Å². The number of hydrogen-bond donors (Lipinski definition) is 1. The average Bonchev–Trinajstić information content (AvgIpc) is 2.87. The molecule has 1 N–H and O–H groups in total.